The van der Waals surface area contributed by atoms with Gasteiger partial charge in [-0.05, 0) is 49.6 Å². The molecule has 2 heterocycles. The molecule has 0 radical (unpaired) electrons. The number of carbonyl (C=O) groups excluding carboxylic acids is 3. The Kier molecular flexibility index (Phi) is 5.91. The monoisotopic (exact) mass is 399 g/mol. The second kappa shape index (κ2) is 8.38. The number of carbonyl (C=O) groups is 3. The van der Waals surface area contributed by atoms with E-state index in [0.29, 0.717) is 12.0 Å². The average molecular weight is 399 g/mol. The molecular weight excluding hydrogens is 377 g/mol. The highest BCUT2D eigenvalue weighted by atomic mass is 19.1. The number of amides is 2. The molecule has 0 unspecified atom stereocenters. The predicted molar refractivity (Wildman–Crippen MR) is 103 cm³/mol. The molecule has 1 aliphatic rings. The molecule has 1 aromatic carbocycles. The van der Waals surface area contributed by atoms with Crippen LogP contribution in [0.1, 0.15) is 45.8 Å². The maximum Gasteiger partial charge on any atom is 0.358 e. The van der Waals surface area contributed by atoms with E-state index < -0.39 is 11.9 Å². The second-order valence-electron chi connectivity index (χ2n) is 7.23. The van der Waals surface area contributed by atoms with E-state index in [1.165, 1.54) is 28.1 Å². The third kappa shape index (κ3) is 4.77. The Hall–Kier alpha value is -3.29. The number of esters is 1. The van der Waals surface area contributed by atoms with Gasteiger partial charge >= 0.3 is 5.97 Å². The summed E-state index contributed by atoms with van der Waals surface area (Å²) in [4.78, 5) is 44.3. The zero-order chi connectivity index (χ0) is 21.1. The molecule has 0 aliphatic carbocycles. The number of pyridine rings is 1. The summed E-state index contributed by atoms with van der Waals surface area (Å²) >= 11 is 0. The first-order valence-corrected chi connectivity index (χ1v) is 9.22. The zero-order valence-electron chi connectivity index (χ0n) is 16.5. The van der Waals surface area contributed by atoms with E-state index in [9.17, 15) is 18.8 Å². The van der Waals surface area contributed by atoms with Gasteiger partial charge in [-0.2, -0.15) is 0 Å². The Morgan fingerprint density at radius 3 is 2.48 bits per heavy atom. The lowest BCUT2D eigenvalue weighted by Crippen LogP contribution is -2.32. The van der Waals surface area contributed by atoms with E-state index in [-0.39, 0.29) is 42.3 Å². The molecule has 2 amide bonds. The van der Waals surface area contributed by atoms with Gasteiger partial charge in [0.1, 0.15) is 12.4 Å². The van der Waals surface area contributed by atoms with Crippen LogP contribution in [0, 0.1) is 5.82 Å². The predicted octanol–water partition coefficient (Wildman–Crippen LogP) is 2.25. The third-order valence-electron chi connectivity index (χ3n) is 4.45. The number of hydrogen-bond acceptors (Lipinski definition) is 5. The van der Waals surface area contributed by atoms with Crippen molar-refractivity contribution in [2.75, 3.05) is 20.3 Å². The molecule has 1 aliphatic heterocycles. The standard InChI is InChI=1S/C21H22FN3O4/c1-13(2)29-21(28)19-17(20(27)25-11-18(26)24(3)12-25)9-15(10-23-19)8-14-4-6-16(22)7-5-14/h4-7,9-10,13H,8,11-12H2,1-3H3. The van der Waals surface area contributed by atoms with Crippen molar-refractivity contribution in [1.29, 1.82) is 0 Å². The lowest BCUT2D eigenvalue weighted by atomic mass is 10.0. The summed E-state index contributed by atoms with van der Waals surface area (Å²) in [6.45, 7) is 3.49. The van der Waals surface area contributed by atoms with Gasteiger partial charge in [-0.15, -0.1) is 0 Å². The summed E-state index contributed by atoms with van der Waals surface area (Å²) in [6.07, 6.45) is 1.54. The maximum absolute atomic E-state index is 13.1. The number of halogens is 1. The lowest BCUT2D eigenvalue weighted by molar-refractivity contribution is -0.125. The van der Waals surface area contributed by atoms with Gasteiger partial charge < -0.3 is 14.5 Å². The second-order valence-corrected chi connectivity index (χ2v) is 7.23. The highest BCUT2D eigenvalue weighted by Crippen LogP contribution is 2.19. The summed E-state index contributed by atoms with van der Waals surface area (Å²) in [5, 5.41) is 0. The number of ether oxygens (including phenoxy) is 1. The Labute approximate surface area is 168 Å². The third-order valence-corrected chi connectivity index (χ3v) is 4.45. The van der Waals surface area contributed by atoms with Crippen LogP contribution in [0.3, 0.4) is 0 Å². The Bertz CT molecular complexity index is 943. The van der Waals surface area contributed by atoms with E-state index in [0.717, 1.165) is 5.56 Å². The van der Waals surface area contributed by atoms with Crippen LogP contribution in [-0.4, -0.2) is 58.9 Å². The van der Waals surface area contributed by atoms with E-state index >= 15 is 0 Å². The van der Waals surface area contributed by atoms with Crippen molar-refractivity contribution in [3.05, 3.63) is 64.7 Å². The minimum Gasteiger partial charge on any atom is -0.458 e. The Balaban J connectivity index is 1.94. The number of rotatable bonds is 5. The molecule has 7 nitrogen and oxygen atoms in total. The van der Waals surface area contributed by atoms with E-state index in [1.54, 1.807) is 39.1 Å². The first-order chi connectivity index (χ1) is 13.7. The van der Waals surface area contributed by atoms with Gasteiger partial charge in [-0.1, -0.05) is 12.1 Å². The fourth-order valence-electron chi connectivity index (χ4n) is 3.01. The van der Waals surface area contributed by atoms with E-state index in [2.05, 4.69) is 4.98 Å². The molecule has 152 valence electrons. The molecule has 0 spiro atoms. The Morgan fingerprint density at radius 1 is 1.21 bits per heavy atom. The number of likely N-dealkylation sites (N-methyl/N-ethyl adjacent to an activating group) is 1. The summed E-state index contributed by atoms with van der Waals surface area (Å²) < 4.78 is 18.3. The van der Waals surface area contributed by atoms with Gasteiger partial charge in [-0.25, -0.2) is 14.2 Å². The van der Waals surface area contributed by atoms with Crippen LogP contribution >= 0.6 is 0 Å². The van der Waals surface area contributed by atoms with Crippen molar-refractivity contribution in [1.82, 2.24) is 14.8 Å². The van der Waals surface area contributed by atoms with E-state index in [1.807, 2.05) is 0 Å². The fourth-order valence-corrected chi connectivity index (χ4v) is 3.01. The molecule has 0 saturated carbocycles. The smallest absolute Gasteiger partial charge is 0.358 e. The molecule has 0 atom stereocenters. The molecule has 1 aromatic heterocycles. The van der Waals surface area contributed by atoms with Crippen molar-refractivity contribution < 1.29 is 23.5 Å². The topological polar surface area (TPSA) is 79.8 Å². The first-order valence-electron chi connectivity index (χ1n) is 9.22. The number of nitrogens with zero attached hydrogens (tertiary/aromatic N) is 3. The highest BCUT2D eigenvalue weighted by Gasteiger charge is 2.32. The average Bonchev–Trinajstić information content (AvgIpc) is 3.01. The largest absolute Gasteiger partial charge is 0.458 e. The summed E-state index contributed by atoms with van der Waals surface area (Å²) in [5.74, 6) is -1.68. The quantitative estimate of drug-likeness (QED) is 0.721. The van der Waals surface area contributed by atoms with Crippen molar-refractivity contribution in [3.8, 4) is 0 Å². The van der Waals surface area contributed by atoms with Crippen LogP contribution in [0.15, 0.2) is 36.5 Å². The molecule has 8 heteroatoms. The van der Waals surface area contributed by atoms with Crippen molar-refractivity contribution in [3.63, 3.8) is 0 Å². The Morgan fingerprint density at radius 2 is 1.90 bits per heavy atom. The molecule has 0 bridgehead atoms. The summed E-state index contributed by atoms with van der Waals surface area (Å²) in [5.41, 5.74) is 1.51. The van der Waals surface area contributed by atoms with E-state index in [4.69, 9.17) is 4.74 Å². The zero-order valence-corrected chi connectivity index (χ0v) is 16.5. The number of benzene rings is 1. The number of hydrogen-bond donors (Lipinski definition) is 0. The van der Waals surface area contributed by atoms with Crippen molar-refractivity contribution in [2.45, 2.75) is 26.4 Å². The SMILES string of the molecule is CC(C)OC(=O)c1ncc(Cc2ccc(F)cc2)cc1C(=O)N1CC(=O)N(C)C1. The molecule has 2 aromatic rings. The lowest BCUT2D eigenvalue weighted by Gasteiger charge is -2.18. The number of aromatic nitrogens is 1. The minimum atomic E-state index is -0.699. The van der Waals surface area contributed by atoms with Crippen LogP contribution in [0.2, 0.25) is 0 Å². The minimum absolute atomic E-state index is 0.0593. The van der Waals surface area contributed by atoms with Gasteiger partial charge in [-0.3, -0.25) is 9.59 Å². The van der Waals surface area contributed by atoms with Gasteiger partial charge in [0.2, 0.25) is 5.91 Å². The van der Waals surface area contributed by atoms with Gasteiger partial charge in [0, 0.05) is 13.2 Å². The van der Waals surface area contributed by atoms with Crippen LogP contribution in [0.25, 0.3) is 0 Å². The van der Waals surface area contributed by atoms with Crippen LogP contribution in [-0.2, 0) is 16.0 Å². The normalized spacial score (nSPS) is 13.9. The van der Waals surface area contributed by atoms with Crippen LogP contribution < -0.4 is 0 Å². The molecule has 3 rings (SSSR count). The summed E-state index contributed by atoms with van der Waals surface area (Å²) in [7, 11) is 1.60. The summed E-state index contributed by atoms with van der Waals surface area (Å²) in [6, 6.07) is 7.58. The maximum atomic E-state index is 13.1. The van der Waals surface area contributed by atoms with Crippen molar-refractivity contribution in [2.24, 2.45) is 0 Å². The first kappa shape index (κ1) is 20.4. The molecule has 0 N–H and O–H groups in total. The van der Waals surface area contributed by atoms with Gasteiger partial charge in [0.15, 0.2) is 5.69 Å². The van der Waals surface area contributed by atoms with Crippen LogP contribution in [0.4, 0.5) is 4.39 Å². The van der Waals surface area contributed by atoms with Gasteiger partial charge in [0.05, 0.1) is 18.3 Å². The molecule has 29 heavy (non-hydrogen) atoms. The van der Waals surface area contributed by atoms with Gasteiger partial charge in [0.25, 0.3) is 5.91 Å². The molecule has 1 saturated heterocycles. The highest BCUT2D eigenvalue weighted by molar-refractivity contribution is 6.05. The molecule has 1 fully saturated rings. The molecular formula is C21H22FN3O4. The van der Waals surface area contributed by atoms with Crippen molar-refractivity contribution >= 4 is 17.8 Å². The fraction of sp³-hybridized carbons (Fsp3) is 0.333. The van der Waals surface area contributed by atoms with Crippen LogP contribution in [0.5, 0.6) is 0 Å².